The van der Waals surface area contributed by atoms with Crippen molar-refractivity contribution in [2.75, 3.05) is 0 Å². The first kappa shape index (κ1) is 10.4. The zero-order valence-corrected chi connectivity index (χ0v) is 10.2. The molecular formula is C12H12N4S. The first-order valence-electron chi connectivity index (χ1n) is 5.38. The number of hydrogen-bond donors (Lipinski definition) is 1. The molecule has 86 valence electrons. The average Bonchev–Trinajstić information content (AvgIpc) is 2.87. The zero-order chi connectivity index (χ0) is 11.8. The van der Waals surface area contributed by atoms with Crippen LogP contribution in [0, 0.1) is 6.92 Å². The average molecular weight is 244 g/mol. The van der Waals surface area contributed by atoms with Gasteiger partial charge in [-0.3, -0.25) is 0 Å². The van der Waals surface area contributed by atoms with E-state index in [4.69, 9.17) is 5.73 Å². The fourth-order valence-electron chi connectivity index (χ4n) is 1.77. The van der Waals surface area contributed by atoms with Crippen LogP contribution in [0.25, 0.3) is 16.3 Å². The van der Waals surface area contributed by atoms with E-state index in [0.29, 0.717) is 6.54 Å². The van der Waals surface area contributed by atoms with E-state index < -0.39 is 0 Å². The van der Waals surface area contributed by atoms with Crippen molar-refractivity contribution in [2.45, 2.75) is 13.5 Å². The van der Waals surface area contributed by atoms with E-state index in [2.05, 4.69) is 29.1 Å². The number of nitrogens with two attached hydrogens (primary N) is 1. The number of benzene rings is 1. The molecule has 5 heteroatoms. The number of aryl methyl sites for hydroxylation is 1. The number of nitrogens with zero attached hydrogens (tertiary/aromatic N) is 3. The van der Waals surface area contributed by atoms with Gasteiger partial charge >= 0.3 is 0 Å². The minimum Gasteiger partial charge on any atom is -0.325 e. The second-order valence-corrected chi connectivity index (χ2v) is 4.77. The maximum atomic E-state index is 5.65. The highest BCUT2D eigenvalue weighted by Crippen LogP contribution is 2.21. The second kappa shape index (κ2) is 3.94. The molecule has 1 aromatic carbocycles. The van der Waals surface area contributed by atoms with Crippen LogP contribution < -0.4 is 5.73 Å². The molecule has 0 saturated heterocycles. The molecule has 0 fully saturated rings. The van der Waals surface area contributed by atoms with Crippen LogP contribution in [-0.2, 0) is 6.54 Å². The lowest BCUT2D eigenvalue weighted by Crippen LogP contribution is -2.01. The van der Waals surface area contributed by atoms with Crippen molar-refractivity contribution in [1.82, 2.24) is 14.6 Å². The van der Waals surface area contributed by atoms with Gasteiger partial charge in [0.2, 0.25) is 4.96 Å². The van der Waals surface area contributed by atoms with Gasteiger partial charge in [-0.15, -0.1) is 16.4 Å². The number of rotatable bonds is 2. The number of aromatic nitrogens is 3. The van der Waals surface area contributed by atoms with Crippen LogP contribution >= 0.6 is 11.3 Å². The smallest absolute Gasteiger partial charge is 0.212 e. The Kier molecular flexibility index (Phi) is 2.42. The van der Waals surface area contributed by atoms with E-state index in [9.17, 15) is 0 Å². The molecule has 2 heterocycles. The number of thiazole rings is 1. The molecule has 0 spiro atoms. The summed E-state index contributed by atoms with van der Waals surface area (Å²) >= 11 is 1.57. The fourth-order valence-corrected chi connectivity index (χ4v) is 2.61. The van der Waals surface area contributed by atoms with E-state index in [1.807, 2.05) is 22.0 Å². The van der Waals surface area contributed by atoms with Crippen LogP contribution in [0.4, 0.5) is 0 Å². The summed E-state index contributed by atoms with van der Waals surface area (Å²) in [5.41, 5.74) is 8.90. The molecule has 4 nitrogen and oxygen atoms in total. The molecule has 0 aliphatic heterocycles. The Hall–Kier alpha value is -1.72. The Balaban J connectivity index is 2.15. The van der Waals surface area contributed by atoms with Crippen molar-refractivity contribution >= 4 is 16.3 Å². The molecule has 3 rings (SSSR count). The summed E-state index contributed by atoms with van der Waals surface area (Å²) in [6.45, 7) is 2.55. The van der Waals surface area contributed by atoms with Crippen LogP contribution in [0.5, 0.6) is 0 Å². The van der Waals surface area contributed by atoms with Gasteiger partial charge in [-0.1, -0.05) is 23.8 Å². The van der Waals surface area contributed by atoms with Gasteiger partial charge in [0.15, 0.2) is 5.82 Å². The molecule has 0 amide bonds. The van der Waals surface area contributed by atoms with Crippen LogP contribution in [0.15, 0.2) is 29.6 Å². The maximum absolute atomic E-state index is 5.65. The molecule has 2 N–H and O–H groups in total. The predicted molar refractivity (Wildman–Crippen MR) is 68.9 cm³/mol. The monoisotopic (exact) mass is 244 g/mol. The van der Waals surface area contributed by atoms with Crippen LogP contribution in [0.3, 0.4) is 0 Å². The normalized spacial score (nSPS) is 11.2. The summed E-state index contributed by atoms with van der Waals surface area (Å²) in [6.07, 6.45) is 0. The Labute approximate surface area is 103 Å². The van der Waals surface area contributed by atoms with Gasteiger partial charge in [-0.05, 0) is 13.0 Å². The molecule has 0 bridgehead atoms. The SMILES string of the molecule is Cc1cccc(-c2nc3scc(CN)n3n2)c1. The summed E-state index contributed by atoms with van der Waals surface area (Å²) in [7, 11) is 0. The number of hydrogen-bond acceptors (Lipinski definition) is 4. The second-order valence-electron chi connectivity index (χ2n) is 3.93. The van der Waals surface area contributed by atoms with Crippen LogP contribution in [-0.4, -0.2) is 14.6 Å². The maximum Gasteiger partial charge on any atom is 0.212 e. The van der Waals surface area contributed by atoms with Crippen molar-refractivity contribution in [3.63, 3.8) is 0 Å². The third kappa shape index (κ3) is 1.73. The van der Waals surface area contributed by atoms with Crippen LogP contribution in [0.1, 0.15) is 11.3 Å². The molecule has 0 unspecified atom stereocenters. The highest BCUT2D eigenvalue weighted by atomic mass is 32.1. The minimum atomic E-state index is 0.483. The zero-order valence-electron chi connectivity index (χ0n) is 9.42. The quantitative estimate of drug-likeness (QED) is 0.752. The van der Waals surface area contributed by atoms with Gasteiger partial charge in [0, 0.05) is 17.5 Å². The van der Waals surface area contributed by atoms with E-state index in [1.165, 1.54) is 5.56 Å². The molecule has 2 aromatic heterocycles. The third-order valence-electron chi connectivity index (χ3n) is 2.64. The summed E-state index contributed by atoms with van der Waals surface area (Å²) < 4.78 is 1.82. The Morgan fingerprint density at radius 1 is 1.41 bits per heavy atom. The first-order chi connectivity index (χ1) is 8.28. The molecule has 0 radical (unpaired) electrons. The summed E-state index contributed by atoms with van der Waals surface area (Å²) in [5.74, 6) is 0.759. The molecule has 0 saturated carbocycles. The van der Waals surface area contributed by atoms with Crippen molar-refractivity contribution in [2.24, 2.45) is 5.73 Å². The van der Waals surface area contributed by atoms with Crippen molar-refractivity contribution in [3.8, 4) is 11.4 Å². The van der Waals surface area contributed by atoms with Gasteiger partial charge in [0.1, 0.15) is 0 Å². The Bertz CT molecular complexity index is 668. The van der Waals surface area contributed by atoms with Crippen molar-refractivity contribution in [1.29, 1.82) is 0 Å². The lowest BCUT2D eigenvalue weighted by molar-refractivity contribution is 0.868. The lowest BCUT2D eigenvalue weighted by atomic mass is 10.1. The highest BCUT2D eigenvalue weighted by molar-refractivity contribution is 7.15. The lowest BCUT2D eigenvalue weighted by Gasteiger charge is -1.96. The summed E-state index contributed by atoms with van der Waals surface area (Å²) in [6, 6.07) is 8.19. The molecular weight excluding hydrogens is 232 g/mol. The third-order valence-corrected chi connectivity index (χ3v) is 3.50. The van der Waals surface area contributed by atoms with E-state index >= 15 is 0 Å². The van der Waals surface area contributed by atoms with E-state index in [0.717, 1.165) is 22.0 Å². The van der Waals surface area contributed by atoms with Crippen LogP contribution in [0.2, 0.25) is 0 Å². The minimum absolute atomic E-state index is 0.483. The standard InChI is InChI=1S/C12H12N4S/c1-8-3-2-4-9(5-8)11-14-12-16(15-11)10(6-13)7-17-12/h2-5,7H,6,13H2,1H3. The molecule has 0 atom stereocenters. The topological polar surface area (TPSA) is 56.2 Å². The molecule has 3 aromatic rings. The van der Waals surface area contributed by atoms with E-state index in [1.54, 1.807) is 11.3 Å². The van der Waals surface area contributed by atoms with Gasteiger partial charge in [-0.25, -0.2) is 4.52 Å². The fraction of sp³-hybridized carbons (Fsp3) is 0.167. The molecule has 17 heavy (non-hydrogen) atoms. The Morgan fingerprint density at radius 3 is 3.06 bits per heavy atom. The van der Waals surface area contributed by atoms with Crippen molar-refractivity contribution in [3.05, 3.63) is 40.9 Å². The molecule has 0 aliphatic carbocycles. The first-order valence-corrected chi connectivity index (χ1v) is 6.26. The highest BCUT2D eigenvalue weighted by Gasteiger charge is 2.10. The van der Waals surface area contributed by atoms with Gasteiger partial charge in [0.05, 0.1) is 5.69 Å². The number of fused-ring (bicyclic) bond motifs is 1. The summed E-state index contributed by atoms with van der Waals surface area (Å²) in [4.78, 5) is 5.40. The largest absolute Gasteiger partial charge is 0.325 e. The van der Waals surface area contributed by atoms with Gasteiger partial charge in [0.25, 0.3) is 0 Å². The van der Waals surface area contributed by atoms with Gasteiger partial charge in [-0.2, -0.15) is 4.98 Å². The van der Waals surface area contributed by atoms with Crippen molar-refractivity contribution < 1.29 is 0 Å². The van der Waals surface area contributed by atoms with E-state index in [-0.39, 0.29) is 0 Å². The molecule has 0 aliphatic rings. The summed E-state index contributed by atoms with van der Waals surface area (Å²) in [5, 5.41) is 6.49. The Morgan fingerprint density at radius 2 is 2.29 bits per heavy atom. The predicted octanol–water partition coefficient (Wildman–Crippen LogP) is 2.22. The van der Waals surface area contributed by atoms with Gasteiger partial charge < -0.3 is 5.73 Å².